The number of nitrogens with one attached hydrogen (secondary N) is 1. The Kier molecular flexibility index (Phi) is 6.34. The van der Waals surface area contributed by atoms with E-state index >= 15 is 0 Å². The Balaban J connectivity index is 1.58. The molecule has 0 radical (unpaired) electrons. The molecule has 146 valence electrons. The van der Waals surface area contributed by atoms with Crippen molar-refractivity contribution in [2.24, 2.45) is 0 Å². The minimum atomic E-state index is -0.0603. The Bertz CT molecular complexity index is 858. The molecule has 1 aliphatic rings. The number of benzene rings is 1. The molecule has 2 aromatic rings. The SMILES string of the molecule is CN(C)CCn1nc2n(c1=O)CCC(NC(=O)Cc1ccccc1Cl)CC2. The highest BCUT2D eigenvalue weighted by atomic mass is 35.5. The molecule has 2 heterocycles. The van der Waals surface area contributed by atoms with Crippen LogP contribution in [0.4, 0.5) is 0 Å². The number of likely N-dealkylation sites (N-methyl/N-ethyl adjacent to an activating group) is 1. The van der Waals surface area contributed by atoms with Gasteiger partial charge >= 0.3 is 5.69 Å². The van der Waals surface area contributed by atoms with E-state index in [1.54, 1.807) is 15.3 Å². The van der Waals surface area contributed by atoms with E-state index < -0.39 is 0 Å². The van der Waals surface area contributed by atoms with Crippen molar-refractivity contribution in [3.05, 3.63) is 51.2 Å². The van der Waals surface area contributed by atoms with Gasteiger partial charge in [-0.1, -0.05) is 29.8 Å². The average Bonchev–Trinajstić information content (AvgIpc) is 2.79. The predicted molar refractivity (Wildman–Crippen MR) is 105 cm³/mol. The maximum Gasteiger partial charge on any atom is 0.345 e. The molecule has 1 aromatic heterocycles. The lowest BCUT2D eigenvalue weighted by Gasteiger charge is -2.16. The number of hydrogen-bond donors (Lipinski definition) is 1. The van der Waals surface area contributed by atoms with Crippen molar-refractivity contribution < 1.29 is 4.79 Å². The first-order valence-electron chi connectivity index (χ1n) is 9.28. The number of halogens is 1. The van der Waals surface area contributed by atoms with E-state index in [0.29, 0.717) is 24.5 Å². The van der Waals surface area contributed by atoms with E-state index in [1.165, 1.54) is 0 Å². The Labute approximate surface area is 163 Å². The number of aryl methyl sites for hydroxylation is 1. The van der Waals surface area contributed by atoms with Gasteiger partial charge in [-0.15, -0.1) is 0 Å². The third kappa shape index (κ3) is 4.99. The van der Waals surface area contributed by atoms with Gasteiger partial charge in [0, 0.05) is 30.6 Å². The number of hydrogen-bond acceptors (Lipinski definition) is 4. The molecule has 8 heteroatoms. The number of fused-ring (bicyclic) bond motifs is 1. The fourth-order valence-corrected chi connectivity index (χ4v) is 3.51. The molecule has 0 fully saturated rings. The summed E-state index contributed by atoms with van der Waals surface area (Å²) >= 11 is 6.13. The molecule has 0 aliphatic carbocycles. The van der Waals surface area contributed by atoms with Gasteiger partial charge < -0.3 is 10.2 Å². The van der Waals surface area contributed by atoms with Crippen LogP contribution < -0.4 is 11.0 Å². The summed E-state index contributed by atoms with van der Waals surface area (Å²) in [4.78, 5) is 26.9. The smallest absolute Gasteiger partial charge is 0.345 e. The lowest BCUT2D eigenvalue weighted by atomic mass is 10.1. The van der Waals surface area contributed by atoms with Crippen molar-refractivity contribution in [1.82, 2.24) is 24.6 Å². The Hall–Kier alpha value is -2.12. The second-order valence-corrected chi connectivity index (χ2v) is 7.64. The zero-order valence-electron chi connectivity index (χ0n) is 15.8. The molecule has 1 atom stereocenters. The van der Waals surface area contributed by atoms with Crippen molar-refractivity contribution in [1.29, 1.82) is 0 Å². The molecule has 1 N–H and O–H groups in total. The summed E-state index contributed by atoms with van der Waals surface area (Å²) in [6, 6.07) is 7.41. The van der Waals surface area contributed by atoms with Gasteiger partial charge in [-0.3, -0.25) is 9.36 Å². The summed E-state index contributed by atoms with van der Waals surface area (Å²) in [5, 5.41) is 8.17. The topological polar surface area (TPSA) is 72.2 Å². The molecule has 1 aliphatic heterocycles. The van der Waals surface area contributed by atoms with Gasteiger partial charge in [0.05, 0.1) is 13.0 Å². The van der Waals surface area contributed by atoms with Gasteiger partial charge in [0.1, 0.15) is 5.82 Å². The normalized spacial score (nSPS) is 16.8. The first kappa shape index (κ1) is 19.6. The van der Waals surface area contributed by atoms with Crippen LogP contribution in [0.25, 0.3) is 0 Å². The second-order valence-electron chi connectivity index (χ2n) is 7.24. The van der Waals surface area contributed by atoms with Gasteiger partial charge in [0.2, 0.25) is 5.91 Å². The van der Waals surface area contributed by atoms with E-state index in [4.69, 9.17) is 11.6 Å². The molecule has 0 spiro atoms. The molecule has 0 saturated carbocycles. The van der Waals surface area contributed by atoms with Gasteiger partial charge in [-0.2, -0.15) is 5.10 Å². The minimum Gasteiger partial charge on any atom is -0.353 e. The summed E-state index contributed by atoms with van der Waals surface area (Å²) < 4.78 is 3.29. The monoisotopic (exact) mass is 391 g/mol. The summed E-state index contributed by atoms with van der Waals surface area (Å²) in [7, 11) is 3.95. The molecule has 0 saturated heterocycles. The van der Waals surface area contributed by atoms with E-state index in [0.717, 1.165) is 30.8 Å². The van der Waals surface area contributed by atoms with Crippen molar-refractivity contribution >= 4 is 17.5 Å². The summed E-state index contributed by atoms with van der Waals surface area (Å²) in [5.74, 6) is 0.762. The third-order valence-electron chi connectivity index (χ3n) is 4.85. The van der Waals surface area contributed by atoms with Gasteiger partial charge in [0.25, 0.3) is 0 Å². The van der Waals surface area contributed by atoms with Crippen LogP contribution in [0.1, 0.15) is 24.2 Å². The first-order valence-corrected chi connectivity index (χ1v) is 9.66. The quantitative estimate of drug-likeness (QED) is 0.806. The summed E-state index contributed by atoms with van der Waals surface area (Å²) in [6.45, 7) is 1.94. The number of amides is 1. The van der Waals surface area contributed by atoms with Crippen molar-refractivity contribution in [3.8, 4) is 0 Å². The highest BCUT2D eigenvalue weighted by molar-refractivity contribution is 6.31. The zero-order valence-corrected chi connectivity index (χ0v) is 16.6. The molecule has 27 heavy (non-hydrogen) atoms. The molecule has 3 rings (SSSR count). The number of carbonyl (C=O) groups is 1. The molecule has 1 aromatic carbocycles. The predicted octanol–water partition coefficient (Wildman–Crippen LogP) is 1.32. The highest BCUT2D eigenvalue weighted by Gasteiger charge is 2.22. The van der Waals surface area contributed by atoms with Crippen LogP contribution in [0.5, 0.6) is 0 Å². The molecule has 1 unspecified atom stereocenters. The van der Waals surface area contributed by atoms with Crippen molar-refractivity contribution in [2.45, 2.75) is 44.8 Å². The largest absolute Gasteiger partial charge is 0.353 e. The maximum atomic E-state index is 12.5. The molecular formula is C19H26ClN5O2. The Morgan fingerprint density at radius 3 is 2.85 bits per heavy atom. The van der Waals surface area contributed by atoms with Crippen LogP contribution >= 0.6 is 11.6 Å². The average molecular weight is 392 g/mol. The van der Waals surface area contributed by atoms with Crippen LogP contribution in [0, 0.1) is 0 Å². The van der Waals surface area contributed by atoms with Crippen molar-refractivity contribution in [3.63, 3.8) is 0 Å². The van der Waals surface area contributed by atoms with Crippen LogP contribution in [-0.4, -0.2) is 51.8 Å². The second kappa shape index (κ2) is 8.71. The third-order valence-corrected chi connectivity index (χ3v) is 5.22. The number of nitrogens with zero attached hydrogens (tertiary/aromatic N) is 4. The van der Waals surface area contributed by atoms with Gasteiger partial charge in [0.15, 0.2) is 0 Å². The lowest BCUT2D eigenvalue weighted by molar-refractivity contribution is -0.121. The summed E-state index contributed by atoms with van der Waals surface area (Å²) in [6.07, 6.45) is 2.44. The van der Waals surface area contributed by atoms with Crippen LogP contribution in [0.15, 0.2) is 29.1 Å². The first-order chi connectivity index (χ1) is 12.9. The number of aromatic nitrogens is 3. The number of rotatable bonds is 6. The lowest BCUT2D eigenvalue weighted by Crippen LogP contribution is -2.37. The van der Waals surface area contributed by atoms with Crippen LogP contribution in [-0.2, 0) is 30.7 Å². The van der Waals surface area contributed by atoms with Gasteiger partial charge in [-0.05, 0) is 38.6 Å². The Morgan fingerprint density at radius 1 is 1.33 bits per heavy atom. The minimum absolute atomic E-state index is 0.0383. The molecule has 0 bridgehead atoms. The van der Waals surface area contributed by atoms with Crippen LogP contribution in [0.2, 0.25) is 5.02 Å². The molecule has 1 amide bonds. The fraction of sp³-hybridized carbons (Fsp3) is 0.526. The summed E-state index contributed by atoms with van der Waals surface area (Å²) in [5.41, 5.74) is 0.761. The number of carbonyl (C=O) groups excluding carboxylic acids is 1. The van der Waals surface area contributed by atoms with Crippen molar-refractivity contribution in [2.75, 3.05) is 20.6 Å². The Morgan fingerprint density at radius 2 is 2.11 bits per heavy atom. The zero-order chi connectivity index (χ0) is 19.4. The van der Waals surface area contributed by atoms with E-state index in [9.17, 15) is 9.59 Å². The maximum absolute atomic E-state index is 12.5. The molecular weight excluding hydrogens is 366 g/mol. The van der Waals surface area contributed by atoms with E-state index in [1.807, 2.05) is 37.2 Å². The standard InChI is InChI=1S/C19H26ClN5O2/c1-23(2)11-12-25-19(27)24-10-9-15(7-8-17(24)22-25)21-18(26)13-14-5-3-4-6-16(14)20/h3-6,15H,7-13H2,1-2H3,(H,21,26). The van der Waals surface area contributed by atoms with Crippen LogP contribution in [0.3, 0.4) is 0 Å². The highest BCUT2D eigenvalue weighted by Crippen LogP contribution is 2.16. The fourth-order valence-electron chi connectivity index (χ4n) is 3.31. The molecule has 7 nitrogen and oxygen atoms in total. The van der Waals surface area contributed by atoms with Gasteiger partial charge in [-0.25, -0.2) is 9.48 Å². The van der Waals surface area contributed by atoms with E-state index in [-0.39, 0.29) is 24.1 Å². The van der Waals surface area contributed by atoms with E-state index in [2.05, 4.69) is 10.4 Å².